The number of pyridine rings is 1. The number of carboxylic acids is 1. The molecule has 0 saturated carbocycles. The van der Waals surface area contributed by atoms with E-state index < -0.39 is 18.1 Å². The lowest BCUT2D eigenvalue weighted by Gasteiger charge is -2.20. The molecule has 6 nitrogen and oxygen atoms in total. The topological polar surface area (TPSA) is 79.7 Å². The SMILES string of the molecule is O=C(O)[C@@H]1CCCN1C(=O)OCc1ccncc1. The molecular weight excluding hydrogens is 236 g/mol. The summed E-state index contributed by atoms with van der Waals surface area (Å²) in [6.07, 6.45) is 3.83. The lowest BCUT2D eigenvalue weighted by Crippen LogP contribution is -2.40. The second-order valence-electron chi connectivity index (χ2n) is 4.10. The number of hydrogen-bond acceptors (Lipinski definition) is 4. The number of hydrogen-bond donors (Lipinski definition) is 1. The summed E-state index contributed by atoms with van der Waals surface area (Å²) in [7, 11) is 0. The molecule has 1 aromatic rings. The summed E-state index contributed by atoms with van der Waals surface area (Å²) in [5.41, 5.74) is 0.824. The van der Waals surface area contributed by atoms with E-state index in [1.165, 1.54) is 4.90 Å². The van der Waals surface area contributed by atoms with Crippen molar-refractivity contribution in [1.29, 1.82) is 0 Å². The van der Waals surface area contributed by atoms with E-state index >= 15 is 0 Å². The van der Waals surface area contributed by atoms with Crippen LogP contribution in [0.15, 0.2) is 24.5 Å². The minimum atomic E-state index is -0.978. The number of carboxylic acid groups (broad SMARTS) is 1. The third-order valence-electron chi connectivity index (χ3n) is 2.88. The maximum absolute atomic E-state index is 11.8. The van der Waals surface area contributed by atoms with E-state index in [0.29, 0.717) is 19.4 Å². The lowest BCUT2D eigenvalue weighted by atomic mass is 10.2. The Balaban J connectivity index is 1.90. The Kier molecular flexibility index (Phi) is 3.76. The zero-order chi connectivity index (χ0) is 13.0. The average molecular weight is 250 g/mol. The smallest absolute Gasteiger partial charge is 0.410 e. The van der Waals surface area contributed by atoms with Crippen molar-refractivity contribution < 1.29 is 19.4 Å². The zero-order valence-electron chi connectivity index (χ0n) is 9.78. The Morgan fingerprint density at radius 2 is 2.17 bits per heavy atom. The predicted molar refractivity (Wildman–Crippen MR) is 61.8 cm³/mol. The highest BCUT2D eigenvalue weighted by atomic mass is 16.6. The van der Waals surface area contributed by atoms with Gasteiger partial charge in [0.2, 0.25) is 0 Å². The summed E-state index contributed by atoms with van der Waals surface area (Å²) in [5, 5.41) is 8.96. The molecule has 1 aliphatic rings. The number of carbonyl (C=O) groups excluding carboxylic acids is 1. The summed E-state index contributed by atoms with van der Waals surface area (Å²) in [6.45, 7) is 0.566. The van der Waals surface area contributed by atoms with Gasteiger partial charge in [0.15, 0.2) is 0 Å². The summed E-state index contributed by atoms with van der Waals surface area (Å²) in [6, 6.07) is 2.73. The van der Waals surface area contributed by atoms with Gasteiger partial charge >= 0.3 is 12.1 Å². The van der Waals surface area contributed by atoms with Gasteiger partial charge in [-0.1, -0.05) is 0 Å². The zero-order valence-corrected chi connectivity index (χ0v) is 9.78. The maximum Gasteiger partial charge on any atom is 0.410 e. The van der Waals surface area contributed by atoms with Crippen LogP contribution in [0.25, 0.3) is 0 Å². The molecule has 1 aromatic heterocycles. The normalized spacial score (nSPS) is 18.7. The first-order valence-electron chi connectivity index (χ1n) is 5.73. The molecule has 18 heavy (non-hydrogen) atoms. The molecule has 1 saturated heterocycles. The van der Waals surface area contributed by atoms with Gasteiger partial charge < -0.3 is 9.84 Å². The molecule has 1 aliphatic heterocycles. The number of nitrogens with zero attached hydrogens (tertiary/aromatic N) is 2. The number of likely N-dealkylation sites (tertiary alicyclic amines) is 1. The van der Waals surface area contributed by atoms with Crippen LogP contribution in [0.1, 0.15) is 18.4 Å². The minimum absolute atomic E-state index is 0.129. The van der Waals surface area contributed by atoms with Crippen LogP contribution < -0.4 is 0 Å². The summed E-state index contributed by atoms with van der Waals surface area (Å²) < 4.78 is 5.09. The molecule has 1 fully saturated rings. The van der Waals surface area contributed by atoms with Crippen LogP contribution in [0, 0.1) is 0 Å². The Labute approximate surface area is 104 Å². The van der Waals surface area contributed by atoms with Crippen molar-refractivity contribution in [2.75, 3.05) is 6.54 Å². The first-order valence-corrected chi connectivity index (χ1v) is 5.73. The minimum Gasteiger partial charge on any atom is -0.480 e. The number of rotatable bonds is 3. The van der Waals surface area contributed by atoms with Crippen LogP contribution in [0.4, 0.5) is 4.79 Å². The maximum atomic E-state index is 11.8. The molecule has 1 amide bonds. The largest absolute Gasteiger partial charge is 0.480 e. The van der Waals surface area contributed by atoms with Crippen LogP contribution in [-0.2, 0) is 16.1 Å². The van der Waals surface area contributed by atoms with Crippen LogP contribution in [-0.4, -0.2) is 39.6 Å². The van der Waals surface area contributed by atoms with Crippen LogP contribution >= 0.6 is 0 Å². The van der Waals surface area contributed by atoms with Gasteiger partial charge in [0.25, 0.3) is 0 Å². The van der Waals surface area contributed by atoms with Crippen LogP contribution in [0.5, 0.6) is 0 Å². The molecule has 2 heterocycles. The molecule has 0 bridgehead atoms. The number of aliphatic carboxylic acids is 1. The molecule has 0 unspecified atom stereocenters. The van der Waals surface area contributed by atoms with E-state index in [4.69, 9.17) is 9.84 Å². The fourth-order valence-electron chi connectivity index (χ4n) is 1.95. The number of carbonyl (C=O) groups is 2. The second kappa shape index (κ2) is 5.48. The van der Waals surface area contributed by atoms with E-state index in [1.807, 2.05) is 0 Å². The van der Waals surface area contributed by atoms with Gasteiger partial charge in [-0.15, -0.1) is 0 Å². The molecule has 1 atom stereocenters. The van der Waals surface area contributed by atoms with Gasteiger partial charge in [-0.3, -0.25) is 9.88 Å². The van der Waals surface area contributed by atoms with E-state index in [-0.39, 0.29) is 6.61 Å². The Morgan fingerprint density at radius 3 is 2.83 bits per heavy atom. The summed E-state index contributed by atoms with van der Waals surface area (Å²) >= 11 is 0. The Bertz CT molecular complexity index is 435. The third-order valence-corrected chi connectivity index (χ3v) is 2.88. The van der Waals surface area contributed by atoms with Crippen molar-refractivity contribution in [2.24, 2.45) is 0 Å². The summed E-state index contributed by atoms with van der Waals surface area (Å²) in [5.74, 6) is -0.978. The van der Waals surface area contributed by atoms with Crippen molar-refractivity contribution >= 4 is 12.1 Å². The van der Waals surface area contributed by atoms with Gasteiger partial charge in [0.05, 0.1) is 0 Å². The second-order valence-corrected chi connectivity index (χ2v) is 4.10. The molecule has 6 heteroatoms. The molecule has 1 N–H and O–H groups in total. The van der Waals surface area contributed by atoms with E-state index in [2.05, 4.69) is 4.98 Å². The van der Waals surface area contributed by atoms with Crippen molar-refractivity contribution in [3.05, 3.63) is 30.1 Å². The molecule has 0 spiro atoms. The van der Waals surface area contributed by atoms with Crippen LogP contribution in [0.2, 0.25) is 0 Å². The average Bonchev–Trinajstić information content (AvgIpc) is 2.86. The molecule has 2 rings (SSSR count). The van der Waals surface area contributed by atoms with Gasteiger partial charge in [0, 0.05) is 18.9 Å². The molecule has 96 valence electrons. The van der Waals surface area contributed by atoms with Gasteiger partial charge in [0.1, 0.15) is 12.6 Å². The Morgan fingerprint density at radius 1 is 1.44 bits per heavy atom. The van der Waals surface area contributed by atoms with Crippen LogP contribution in [0.3, 0.4) is 0 Å². The highest BCUT2D eigenvalue weighted by Crippen LogP contribution is 2.18. The van der Waals surface area contributed by atoms with E-state index in [9.17, 15) is 9.59 Å². The first kappa shape index (κ1) is 12.3. The number of aromatic nitrogens is 1. The Hall–Kier alpha value is -2.11. The predicted octanol–water partition coefficient (Wildman–Crippen LogP) is 1.27. The van der Waals surface area contributed by atoms with E-state index in [1.54, 1.807) is 24.5 Å². The molecule has 0 aromatic carbocycles. The number of ether oxygens (including phenoxy) is 1. The third kappa shape index (κ3) is 2.77. The van der Waals surface area contributed by atoms with Crippen molar-refractivity contribution in [3.63, 3.8) is 0 Å². The molecule has 0 aliphatic carbocycles. The van der Waals surface area contributed by atoms with Crippen molar-refractivity contribution in [2.45, 2.75) is 25.5 Å². The van der Waals surface area contributed by atoms with Gasteiger partial charge in [-0.05, 0) is 30.5 Å². The van der Waals surface area contributed by atoms with Gasteiger partial charge in [-0.25, -0.2) is 9.59 Å². The highest BCUT2D eigenvalue weighted by Gasteiger charge is 2.34. The highest BCUT2D eigenvalue weighted by molar-refractivity contribution is 5.80. The fraction of sp³-hybridized carbons (Fsp3) is 0.417. The van der Waals surface area contributed by atoms with Gasteiger partial charge in [-0.2, -0.15) is 0 Å². The van der Waals surface area contributed by atoms with Crippen molar-refractivity contribution in [1.82, 2.24) is 9.88 Å². The van der Waals surface area contributed by atoms with Crippen molar-refractivity contribution in [3.8, 4) is 0 Å². The first-order chi connectivity index (χ1) is 8.68. The lowest BCUT2D eigenvalue weighted by molar-refractivity contribution is -0.141. The monoisotopic (exact) mass is 250 g/mol. The molecule has 0 radical (unpaired) electrons. The standard InChI is InChI=1S/C12H14N2O4/c15-11(16)10-2-1-7-14(10)12(17)18-8-9-3-5-13-6-4-9/h3-6,10H,1-2,7-8H2,(H,15,16)/t10-/m0/s1. The fourth-order valence-corrected chi connectivity index (χ4v) is 1.95. The van der Waals surface area contributed by atoms with E-state index in [0.717, 1.165) is 5.56 Å². The summed E-state index contributed by atoms with van der Waals surface area (Å²) in [4.78, 5) is 27.8. The number of amides is 1. The quantitative estimate of drug-likeness (QED) is 0.873. The molecular formula is C12H14N2O4.